The first-order valence-corrected chi connectivity index (χ1v) is 31.9. The standard InChI is InChI=1S/C61H85Br2ClN8O17/c1-33(2)51(69-48(73)20-13-12-14-24-86-57(79)38(31-62)32-63)54(76)67-41(18-16-23-66-58(65)80)53(75)68-42-28-39(83-9)21-22-40(42)55(77)71(7)36(5)56(78)88-47-29-49(74)72(8)43-26-37(27-44(84-10)50(43)64)25-34(3)17-15-19-46(85-11)61(82)30-45(87-59(81)70-61)35(4)52-60(47,6)89-52/h15,17,19,21-22,26-28,33,35-36,38,41,45-47,51-52,82H,12-14,16,18,20,23-25,29-32H2,1-11H3,(H,67,76)(H,68,75)(H,69,73)(H,70,81)(H3,65,66,80)/b19-15+,34-17+/t35-,36+,41+,45+,46-,47+,51+,52+,60+,61+/m1/s1. The van der Waals surface area contributed by atoms with Gasteiger partial charge in [-0.25, -0.2) is 14.4 Å². The van der Waals surface area contributed by atoms with E-state index in [9.17, 15) is 48.3 Å². The molecule has 3 aliphatic rings. The molecule has 8 amide bonds. The predicted molar refractivity (Wildman–Crippen MR) is 338 cm³/mol. The average molecular weight is 1400 g/mol. The Labute approximate surface area is 541 Å². The Hall–Kier alpha value is -6.52. The van der Waals surface area contributed by atoms with Crippen LogP contribution < -0.4 is 46.7 Å². The molecular formula is C61H85Br2ClN8O17. The maximum atomic E-state index is 14.7. The molecule has 0 radical (unpaired) electrons. The number of allylic oxidation sites excluding steroid dienone is 3. The van der Waals surface area contributed by atoms with E-state index in [1.54, 1.807) is 52.0 Å². The van der Waals surface area contributed by atoms with E-state index in [0.29, 0.717) is 47.8 Å². The van der Waals surface area contributed by atoms with Crippen molar-refractivity contribution in [3.05, 3.63) is 70.3 Å². The number of urea groups is 1. The Kier molecular flexibility index (Phi) is 27.6. The molecule has 25 nitrogen and oxygen atoms in total. The Morgan fingerprint density at radius 2 is 1.67 bits per heavy atom. The summed E-state index contributed by atoms with van der Waals surface area (Å²) in [5, 5.41) is 26.2. The van der Waals surface area contributed by atoms with Gasteiger partial charge in [-0.1, -0.05) is 88.0 Å². The summed E-state index contributed by atoms with van der Waals surface area (Å²) in [6.45, 7) is 10.3. The van der Waals surface area contributed by atoms with Crippen LogP contribution in [0.1, 0.15) is 109 Å². The normalized spacial score (nSPS) is 23.8. The van der Waals surface area contributed by atoms with Crippen LogP contribution in [0.2, 0.25) is 5.02 Å². The highest BCUT2D eigenvalue weighted by molar-refractivity contribution is 9.09. The number of fused-ring (bicyclic) bond motifs is 5. The van der Waals surface area contributed by atoms with E-state index in [0.717, 1.165) is 16.0 Å². The van der Waals surface area contributed by atoms with E-state index >= 15 is 0 Å². The second-order valence-electron chi connectivity index (χ2n) is 23.0. The molecule has 492 valence electrons. The number of likely N-dealkylation sites (N-methyl/N-ethyl adjacent to an activating group) is 1. The summed E-state index contributed by atoms with van der Waals surface area (Å²) >= 11 is 13.5. The number of ether oxygens (including phenoxy) is 7. The van der Waals surface area contributed by atoms with Gasteiger partial charge in [0.05, 0.1) is 56.2 Å². The van der Waals surface area contributed by atoms with Crippen molar-refractivity contribution >= 4 is 108 Å². The van der Waals surface area contributed by atoms with Crippen molar-refractivity contribution in [2.75, 3.05) is 69.5 Å². The second kappa shape index (κ2) is 33.5. The van der Waals surface area contributed by atoms with Crippen LogP contribution in [0.4, 0.5) is 21.0 Å². The van der Waals surface area contributed by atoms with Gasteiger partial charge in [-0.2, -0.15) is 0 Å². The highest BCUT2D eigenvalue weighted by atomic mass is 79.9. The zero-order chi connectivity index (χ0) is 66.1. The number of carbonyl (C=O) groups is 9. The topological polar surface area (TPSA) is 334 Å². The van der Waals surface area contributed by atoms with Gasteiger partial charge in [-0.15, -0.1) is 0 Å². The summed E-state index contributed by atoms with van der Waals surface area (Å²) in [6, 6.07) is 3.11. The molecule has 10 atom stereocenters. The van der Waals surface area contributed by atoms with Crippen LogP contribution >= 0.6 is 43.5 Å². The van der Waals surface area contributed by atoms with Crippen LogP contribution in [0.3, 0.4) is 0 Å². The molecule has 5 rings (SSSR count). The number of anilines is 2. The zero-order valence-corrected chi connectivity index (χ0v) is 56.1. The number of amides is 8. The Morgan fingerprint density at radius 3 is 2.31 bits per heavy atom. The number of epoxide rings is 1. The lowest BCUT2D eigenvalue weighted by atomic mass is 9.83. The molecule has 8 N–H and O–H groups in total. The van der Waals surface area contributed by atoms with E-state index in [4.69, 9.17) is 50.5 Å². The lowest BCUT2D eigenvalue weighted by Gasteiger charge is -2.42. The maximum absolute atomic E-state index is 14.7. The van der Waals surface area contributed by atoms with Crippen molar-refractivity contribution in [2.24, 2.45) is 23.5 Å². The van der Waals surface area contributed by atoms with E-state index in [1.807, 2.05) is 13.0 Å². The first kappa shape index (κ1) is 73.2. The number of benzene rings is 2. The van der Waals surface area contributed by atoms with Crippen molar-refractivity contribution in [2.45, 2.75) is 153 Å². The summed E-state index contributed by atoms with van der Waals surface area (Å²) in [6.07, 6.45) is 1.48. The van der Waals surface area contributed by atoms with Crippen LogP contribution in [0.25, 0.3) is 0 Å². The number of carbonyl (C=O) groups excluding carboxylic acids is 9. The fourth-order valence-corrected chi connectivity index (χ4v) is 12.3. The van der Waals surface area contributed by atoms with Gasteiger partial charge in [-0.05, 0) is 95.0 Å². The monoisotopic (exact) mass is 1390 g/mol. The molecule has 0 unspecified atom stereocenters. The number of hydrogen-bond donors (Lipinski definition) is 7. The molecule has 2 aromatic carbocycles. The van der Waals surface area contributed by atoms with Crippen molar-refractivity contribution in [1.29, 1.82) is 0 Å². The van der Waals surface area contributed by atoms with Crippen molar-refractivity contribution in [1.82, 2.24) is 26.2 Å². The maximum Gasteiger partial charge on any atom is 0.409 e. The van der Waals surface area contributed by atoms with E-state index in [1.165, 1.54) is 65.4 Å². The fourth-order valence-electron chi connectivity index (χ4n) is 10.4. The van der Waals surface area contributed by atoms with Crippen LogP contribution in [0, 0.1) is 17.8 Å². The van der Waals surface area contributed by atoms with Gasteiger partial charge in [0, 0.05) is 63.2 Å². The SMILES string of the molecule is COc1ccc(C(=O)N(C)[C@@H](C)C(=O)O[C@H]2CC(=O)N(C)c3cc(cc(OC)c3Cl)C/C(C)=C/C=C/[C@@H](OC)[C@@]3(O)C[C@H](OC(=O)N3)[C@@H](C)[C@@H]3O[C@@]23C)c(NC(=O)[C@H](CCCNC(N)=O)NC(=O)[C@@H](NC(=O)CCCCCOC(=O)C(CBr)CBr)C(C)C)c1. The third-order valence-electron chi connectivity index (χ3n) is 16.0. The number of halogens is 3. The first-order chi connectivity index (χ1) is 42.1. The number of primary amides is 1. The number of alkyl carbamates (subject to hydrolysis) is 1. The predicted octanol–water partition coefficient (Wildman–Crippen LogP) is 6.36. The molecule has 2 fully saturated rings. The highest BCUT2D eigenvalue weighted by Crippen LogP contribution is 2.49. The van der Waals surface area contributed by atoms with Gasteiger partial charge >= 0.3 is 24.1 Å². The zero-order valence-electron chi connectivity index (χ0n) is 52.2. The molecule has 4 bridgehead atoms. The lowest BCUT2D eigenvalue weighted by Crippen LogP contribution is -2.63. The molecule has 2 aromatic rings. The molecule has 89 heavy (non-hydrogen) atoms. The van der Waals surface area contributed by atoms with Gasteiger partial charge in [0.15, 0.2) is 5.72 Å². The van der Waals surface area contributed by atoms with Gasteiger partial charge in [-0.3, -0.25) is 34.1 Å². The molecule has 3 heterocycles. The minimum atomic E-state index is -1.94. The molecule has 0 spiro atoms. The second-order valence-corrected chi connectivity index (χ2v) is 24.7. The smallest absolute Gasteiger partial charge is 0.409 e. The van der Waals surface area contributed by atoms with E-state index in [-0.39, 0.29) is 72.7 Å². The number of nitrogens with zero attached hydrogens (tertiary/aromatic N) is 2. The molecule has 2 saturated heterocycles. The summed E-state index contributed by atoms with van der Waals surface area (Å²) in [7, 11) is 7.06. The summed E-state index contributed by atoms with van der Waals surface area (Å²) in [4.78, 5) is 125. The van der Waals surface area contributed by atoms with Crippen LogP contribution in [-0.2, 0) is 58.9 Å². The van der Waals surface area contributed by atoms with Gasteiger partial charge in [0.1, 0.15) is 58.6 Å². The lowest BCUT2D eigenvalue weighted by molar-refractivity contribution is -0.158. The molecular weight excluding hydrogens is 1310 g/mol. The Bertz CT molecular complexity index is 2950. The Balaban J connectivity index is 1.39. The number of aliphatic hydroxyl groups is 1. The number of esters is 2. The number of alkyl halides is 2. The van der Waals surface area contributed by atoms with Crippen LogP contribution in [0.15, 0.2) is 54.1 Å². The molecule has 0 aromatic heterocycles. The minimum Gasteiger partial charge on any atom is -0.497 e. The van der Waals surface area contributed by atoms with Crippen molar-refractivity contribution in [3.8, 4) is 11.5 Å². The minimum absolute atomic E-state index is 0.0327. The van der Waals surface area contributed by atoms with Gasteiger partial charge < -0.3 is 75.1 Å². The van der Waals surface area contributed by atoms with Gasteiger partial charge in [0.25, 0.3) is 5.91 Å². The van der Waals surface area contributed by atoms with E-state index < -0.39 is 120 Å². The third-order valence-corrected chi connectivity index (χ3v) is 18.0. The fraction of sp³-hybridized carbons (Fsp3) is 0.590. The number of nitrogens with one attached hydrogen (secondary N) is 5. The van der Waals surface area contributed by atoms with Crippen molar-refractivity contribution < 1.29 is 81.4 Å². The van der Waals surface area contributed by atoms with E-state index in [2.05, 4.69) is 58.4 Å². The largest absolute Gasteiger partial charge is 0.497 e. The molecule has 28 heteroatoms. The Morgan fingerprint density at radius 1 is 0.966 bits per heavy atom. The molecule has 0 saturated carbocycles. The number of unbranched alkanes of at least 4 members (excludes halogenated alkanes) is 2. The van der Waals surface area contributed by atoms with Crippen LogP contribution in [-0.4, -0.2) is 177 Å². The number of rotatable bonds is 26. The van der Waals surface area contributed by atoms with Crippen molar-refractivity contribution in [3.63, 3.8) is 0 Å². The average Bonchev–Trinajstić information content (AvgIpc) is 1.84. The summed E-state index contributed by atoms with van der Waals surface area (Å²) in [5.74, 6) is -5.46. The third kappa shape index (κ3) is 19.7. The molecule has 3 aliphatic heterocycles. The number of nitrogens with two attached hydrogens (primary N) is 1. The number of methoxy groups -OCH3 is 3. The van der Waals surface area contributed by atoms with Crippen LogP contribution in [0.5, 0.6) is 11.5 Å². The number of hydrogen-bond acceptors (Lipinski definition) is 17. The highest BCUT2D eigenvalue weighted by Gasteiger charge is 2.64. The summed E-state index contributed by atoms with van der Waals surface area (Å²) in [5.41, 5.74) is 3.62. The first-order valence-electron chi connectivity index (χ1n) is 29.3. The summed E-state index contributed by atoms with van der Waals surface area (Å²) < 4.78 is 40.5. The van der Waals surface area contributed by atoms with Gasteiger partial charge in [0.2, 0.25) is 23.6 Å². The molecule has 0 aliphatic carbocycles. The quantitative estimate of drug-likeness (QED) is 0.0177.